The standard InChI is InChI=1S/C20H26N6S/c1-4-21-20(24-13-18-14(2)25-15(3)27-18)23-12-11-22-19-10-9-16-7-5-6-8-17(16)26-19/h5-10H,4,11-13H2,1-3H3,(H,22,26)(H2,21,23,24). The van der Waals surface area contributed by atoms with E-state index in [9.17, 15) is 0 Å². The van der Waals surface area contributed by atoms with E-state index >= 15 is 0 Å². The van der Waals surface area contributed by atoms with Crippen LogP contribution in [0.25, 0.3) is 10.9 Å². The van der Waals surface area contributed by atoms with Crippen molar-refractivity contribution in [2.45, 2.75) is 27.3 Å². The van der Waals surface area contributed by atoms with E-state index in [1.54, 1.807) is 11.3 Å². The first-order valence-electron chi connectivity index (χ1n) is 9.20. The Balaban J connectivity index is 1.51. The number of hydrogen-bond acceptors (Lipinski definition) is 5. The molecule has 3 N–H and O–H groups in total. The van der Waals surface area contributed by atoms with Crippen molar-refractivity contribution in [1.82, 2.24) is 20.6 Å². The molecule has 0 spiro atoms. The number of hydrogen-bond donors (Lipinski definition) is 3. The van der Waals surface area contributed by atoms with E-state index in [2.05, 4.69) is 50.0 Å². The zero-order valence-corrected chi connectivity index (χ0v) is 16.9. The van der Waals surface area contributed by atoms with Gasteiger partial charge in [0.1, 0.15) is 5.82 Å². The summed E-state index contributed by atoms with van der Waals surface area (Å²) in [5, 5.41) is 12.2. The fourth-order valence-electron chi connectivity index (χ4n) is 2.75. The molecule has 0 amide bonds. The molecule has 3 aromatic rings. The molecule has 0 radical (unpaired) electrons. The number of fused-ring (bicyclic) bond motifs is 1. The fourth-order valence-corrected chi connectivity index (χ4v) is 3.61. The van der Waals surface area contributed by atoms with Gasteiger partial charge in [-0.3, -0.25) is 0 Å². The molecule has 2 heterocycles. The predicted molar refractivity (Wildman–Crippen MR) is 115 cm³/mol. The van der Waals surface area contributed by atoms with Crippen molar-refractivity contribution in [3.05, 3.63) is 52.0 Å². The lowest BCUT2D eigenvalue weighted by molar-refractivity contribution is 0.819. The quantitative estimate of drug-likeness (QED) is 0.331. The molecule has 0 fully saturated rings. The van der Waals surface area contributed by atoms with Gasteiger partial charge in [-0.15, -0.1) is 11.3 Å². The van der Waals surface area contributed by atoms with E-state index in [1.165, 1.54) is 4.88 Å². The Morgan fingerprint density at radius 3 is 2.67 bits per heavy atom. The first kappa shape index (κ1) is 19.1. The van der Waals surface area contributed by atoms with Crippen LogP contribution in [0.2, 0.25) is 0 Å². The summed E-state index contributed by atoms with van der Waals surface area (Å²) in [5.74, 6) is 1.70. The maximum absolute atomic E-state index is 4.66. The van der Waals surface area contributed by atoms with Crippen LogP contribution in [0.1, 0.15) is 22.5 Å². The second-order valence-electron chi connectivity index (χ2n) is 6.18. The van der Waals surface area contributed by atoms with Gasteiger partial charge in [-0.25, -0.2) is 15.0 Å². The van der Waals surface area contributed by atoms with Gasteiger partial charge in [0.15, 0.2) is 5.96 Å². The molecule has 142 valence electrons. The molecule has 1 aromatic carbocycles. The Labute approximate surface area is 164 Å². The molecule has 27 heavy (non-hydrogen) atoms. The number of rotatable bonds is 7. The predicted octanol–water partition coefficient (Wildman–Crippen LogP) is 3.48. The third-order valence-corrected chi connectivity index (χ3v) is 5.10. The van der Waals surface area contributed by atoms with Gasteiger partial charge >= 0.3 is 0 Å². The highest BCUT2D eigenvalue weighted by Crippen LogP contribution is 2.17. The van der Waals surface area contributed by atoms with Crippen LogP contribution in [0.15, 0.2) is 41.4 Å². The molecule has 0 saturated carbocycles. The molecule has 0 aliphatic rings. The van der Waals surface area contributed by atoms with Crippen LogP contribution in [0, 0.1) is 13.8 Å². The minimum absolute atomic E-state index is 0.645. The second kappa shape index (κ2) is 9.32. The molecule has 0 unspecified atom stereocenters. The number of aryl methyl sites for hydroxylation is 2. The van der Waals surface area contributed by atoms with Crippen molar-refractivity contribution in [2.75, 3.05) is 25.0 Å². The zero-order chi connectivity index (χ0) is 19.1. The molecule has 0 saturated heterocycles. The topological polar surface area (TPSA) is 74.2 Å². The van der Waals surface area contributed by atoms with Gasteiger partial charge in [-0.2, -0.15) is 0 Å². The van der Waals surface area contributed by atoms with E-state index in [4.69, 9.17) is 0 Å². The third kappa shape index (κ3) is 5.40. The molecule has 0 aliphatic carbocycles. The van der Waals surface area contributed by atoms with Crippen molar-refractivity contribution in [3.8, 4) is 0 Å². The maximum Gasteiger partial charge on any atom is 0.191 e. The van der Waals surface area contributed by atoms with Crippen LogP contribution in [0.5, 0.6) is 0 Å². The molecule has 0 aliphatic heterocycles. The van der Waals surface area contributed by atoms with Crippen LogP contribution in [-0.4, -0.2) is 35.6 Å². The number of pyridine rings is 1. The van der Waals surface area contributed by atoms with Crippen molar-refractivity contribution in [2.24, 2.45) is 4.99 Å². The van der Waals surface area contributed by atoms with Crippen LogP contribution in [0.3, 0.4) is 0 Å². The van der Waals surface area contributed by atoms with Gasteiger partial charge < -0.3 is 16.0 Å². The smallest absolute Gasteiger partial charge is 0.191 e. The number of guanidine groups is 1. The summed E-state index contributed by atoms with van der Waals surface area (Å²) in [6, 6.07) is 12.2. The largest absolute Gasteiger partial charge is 0.368 e. The molecular weight excluding hydrogens is 356 g/mol. The van der Waals surface area contributed by atoms with Gasteiger partial charge in [0, 0.05) is 29.9 Å². The van der Waals surface area contributed by atoms with Gasteiger partial charge in [0.25, 0.3) is 0 Å². The van der Waals surface area contributed by atoms with Crippen molar-refractivity contribution >= 4 is 34.0 Å². The number of anilines is 1. The lowest BCUT2D eigenvalue weighted by Crippen LogP contribution is -2.39. The van der Waals surface area contributed by atoms with E-state index in [1.807, 2.05) is 38.1 Å². The Kier molecular flexibility index (Phi) is 6.59. The summed E-state index contributed by atoms with van der Waals surface area (Å²) in [4.78, 5) is 15.0. The maximum atomic E-state index is 4.66. The van der Waals surface area contributed by atoms with Crippen LogP contribution in [-0.2, 0) is 6.54 Å². The SMILES string of the molecule is CCNC(=NCc1sc(C)nc1C)NCCNc1ccc2ccccc2n1. The van der Waals surface area contributed by atoms with Crippen LogP contribution < -0.4 is 16.0 Å². The number of nitrogens with one attached hydrogen (secondary N) is 3. The molecule has 6 nitrogen and oxygen atoms in total. The Bertz CT molecular complexity index is 918. The zero-order valence-electron chi connectivity index (χ0n) is 16.0. The number of nitrogens with zero attached hydrogens (tertiary/aromatic N) is 3. The summed E-state index contributed by atoms with van der Waals surface area (Å²) in [5.41, 5.74) is 2.07. The van der Waals surface area contributed by atoms with Crippen LogP contribution in [0.4, 0.5) is 5.82 Å². The van der Waals surface area contributed by atoms with Gasteiger partial charge in [-0.1, -0.05) is 18.2 Å². The first-order chi connectivity index (χ1) is 13.2. The highest BCUT2D eigenvalue weighted by Gasteiger charge is 2.05. The Morgan fingerprint density at radius 1 is 1.04 bits per heavy atom. The average Bonchev–Trinajstić information content (AvgIpc) is 3.00. The van der Waals surface area contributed by atoms with Crippen molar-refractivity contribution < 1.29 is 0 Å². The fraction of sp³-hybridized carbons (Fsp3) is 0.350. The Hall–Kier alpha value is -2.67. The van der Waals surface area contributed by atoms with Crippen LogP contribution >= 0.6 is 11.3 Å². The third-order valence-electron chi connectivity index (χ3n) is 4.05. The summed E-state index contributed by atoms with van der Waals surface area (Å²) >= 11 is 1.71. The van der Waals surface area contributed by atoms with Gasteiger partial charge in [-0.05, 0) is 39.0 Å². The average molecular weight is 383 g/mol. The molecule has 0 atom stereocenters. The van der Waals surface area contributed by atoms with Gasteiger partial charge in [0.2, 0.25) is 0 Å². The molecule has 3 rings (SSSR count). The monoisotopic (exact) mass is 382 g/mol. The highest BCUT2D eigenvalue weighted by atomic mass is 32.1. The van der Waals surface area contributed by atoms with Crippen molar-refractivity contribution in [1.29, 1.82) is 0 Å². The number of aromatic nitrogens is 2. The molecule has 7 heteroatoms. The summed E-state index contributed by atoms with van der Waals surface area (Å²) in [7, 11) is 0. The number of para-hydroxylation sites is 1. The number of benzene rings is 1. The van der Waals surface area contributed by atoms with E-state index in [0.29, 0.717) is 6.54 Å². The number of aliphatic imine (C=N–C) groups is 1. The minimum atomic E-state index is 0.645. The highest BCUT2D eigenvalue weighted by molar-refractivity contribution is 7.11. The normalized spacial score (nSPS) is 11.6. The summed E-state index contributed by atoms with van der Waals surface area (Å²) in [6.45, 7) is 9.11. The van der Waals surface area contributed by atoms with Gasteiger partial charge in [0.05, 0.1) is 22.8 Å². The van der Waals surface area contributed by atoms with E-state index in [0.717, 1.165) is 53.0 Å². The lowest BCUT2D eigenvalue weighted by atomic mass is 10.2. The van der Waals surface area contributed by atoms with E-state index in [-0.39, 0.29) is 0 Å². The molecule has 0 bridgehead atoms. The summed E-state index contributed by atoms with van der Waals surface area (Å²) < 4.78 is 0. The lowest BCUT2D eigenvalue weighted by Gasteiger charge is -2.12. The Morgan fingerprint density at radius 2 is 1.89 bits per heavy atom. The first-order valence-corrected chi connectivity index (χ1v) is 10.0. The molecule has 2 aromatic heterocycles. The summed E-state index contributed by atoms with van der Waals surface area (Å²) in [6.07, 6.45) is 0. The molecular formula is C20H26N6S. The number of thiazole rings is 1. The van der Waals surface area contributed by atoms with Crippen molar-refractivity contribution in [3.63, 3.8) is 0 Å². The minimum Gasteiger partial charge on any atom is -0.368 e. The van der Waals surface area contributed by atoms with E-state index < -0.39 is 0 Å². The second-order valence-corrected chi connectivity index (χ2v) is 7.47.